The van der Waals surface area contributed by atoms with Gasteiger partial charge in [0.1, 0.15) is 0 Å². The zero-order valence-corrected chi connectivity index (χ0v) is 5.48. The van der Waals surface area contributed by atoms with Crippen molar-refractivity contribution >= 4 is 5.91 Å². The molecule has 1 aliphatic carbocycles. The molecule has 0 aromatic carbocycles. The van der Waals surface area contributed by atoms with Crippen molar-refractivity contribution in [1.29, 1.82) is 0 Å². The second-order valence-corrected chi connectivity index (χ2v) is 2.86. The quantitative estimate of drug-likeness (QED) is 0.404. The Kier molecular flexibility index (Phi) is 1.45. The van der Waals surface area contributed by atoms with Gasteiger partial charge < -0.3 is 0 Å². The molecular formula is C6H11NO2. The Labute approximate surface area is 54.0 Å². The second kappa shape index (κ2) is 1.99. The first-order valence-corrected chi connectivity index (χ1v) is 3.13. The van der Waals surface area contributed by atoms with Crippen LogP contribution < -0.4 is 5.48 Å². The minimum absolute atomic E-state index is 0.242. The van der Waals surface area contributed by atoms with E-state index >= 15 is 0 Å². The number of rotatable bonds is 1. The van der Waals surface area contributed by atoms with Gasteiger partial charge in [-0.05, 0) is 12.8 Å². The fourth-order valence-electron chi connectivity index (χ4n) is 1.07. The van der Waals surface area contributed by atoms with Crippen LogP contribution >= 0.6 is 0 Å². The van der Waals surface area contributed by atoms with E-state index < -0.39 is 0 Å². The standard InChI is InChI=1S/C6H11NO2/c1-6(3-2-4-6)5(8)7-9/h9H,2-4H2,1H3,(H,7,8). The number of hydrogen-bond acceptors (Lipinski definition) is 2. The minimum atomic E-state index is -0.269. The molecule has 0 aromatic heterocycles. The lowest BCUT2D eigenvalue weighted by Gasteiger charge is -2.35. The molecule has 0 radical (unpaired) electrons. The van der Waals surface area contributed by atoms with E-state index in [1.54, 1.807) is 5.48 Å². The van der Waals surface area contributed by atoms with Crippen molar-refractivity contribution < 1.29 is 10.0 Å². The summed E-state index contributed by atoms with van der Waals surface area (Å²) in [6.45, 7) is 1.86. The Balaban J connectivity index is 2.49. The minimum Gasteiger partial charge on any atom is -0.289 e. The summed E-state index contributed by atoms with van der Waals surface area (Å²) in [7, 11) is 0. The van der Waals surface area contributed by atoms with Crippen molar-refractivity contribution in [3.05, 3.63) is 0 Å². The average Bonchev–Trinajstić information content (AvgIpc) is 1.81. The summed E-state index contributed by atoms with van der Waals surface area (Å²) < 4.78 is 0. The van der Waals surface area contributed by atoms with E-state index in [4.69, 9.17) is 5.21 Å². The Bertz CT molecular complexity index is 129. The summed E-state index contributed by atoms with van der Waals surface area (Å²) in [5.41, 5.74) is 1.40. The van der Waals surface area contributed by atoms with Crippen LogP contribution in [0.2, 0.25) is 0 Å². The molecule has 0 saturated heterocycles. The van der Waals surface area contributed by atoms with Gasteiger partial charge in [0.15, 0.2) is 0 Å². The van der Waals surface area contributed by atoms with E-state index in [0.29, 0.717) is 0 Å². The smallest absolute Gasteiger partial charge is 0.249 e. The maximum Gasteiger partial charge on any atom is 0.249 e. The molecular weight excluding hydrogens is 118 g/mol. The Hall–Kier alpha value is -0.570. The van der Waals surface area contributed by atoms with E-state index in [-0.39, 0.29) is 11.3 Å². The fraction of sp³-hybridized carbons (Fsp3) is 0.833. The highest BCUT2D eigenvalue weighted by atomic mass is 16.5. The molecule has 0 spiro atoms. The maximum atomic E-state index is 10.8. The number of nitrogens with one attached hydrogen (secondary N) is 1. The Morgan fingerprint density at radius 3 is 2.33 bits per heavy atom. The van der Waals surface area contributed by atoms with Gasteiger partial charge in [0.2, 0.25) is 5.91 Å². The van der Waals surface area contributed by atoms with E-state index in [0.717, 1.165) is 19.3 Å². The van der Waals surface area contributed by atoms with Gasteiger partial charge >= 0.3 is 0 Å². The Morgan fingerprint density at radius 2 is 2.22 bits per heavy atom. The van der Waals surface area contributed by atoms with Crippen LogP contribution in [0, 0.1) is 5.41 Å². The van der Waals surface area contributed by atoms with Crippen molar-refractivity contribution in [2.45, 2.75) is 26.2 Å². The molecule has 1 fully saturated rings. The predicted octanol–water partition coefficient (Wildman–Crippen LogP) is 0.682. The van der Waals surface area contributed by atoms with Gasteiger partial charge in [0, 0.05) is 5.41 Å². The first-order valence-electron chi connectivity index (χ1n) is 3.13. The van der Waals surface area contributed by atoms with Gasteiger partial charge in [-0.25, -0.2) is 5.48 Å². The average molecular weight is 129 g/mol. The third-order valence-corrected chi connectivity index (χ3v) is 2.11. The highest BCUT2D eigenvalue weighted by molar-refractivity contribution is 5.81. The molecule has 9 heavy (non-hydrogen) atoms. The summed E-state index contributed by atoms with van der Waals surface area (Å²) in [6.07, 6.45) is 2.91. The summed E-state index contributed by atoms with van der Waals surface area (Å²) in [5, 5.41) is 8.24. The molecule has 0 atom stereocenters. The van der Waals surface area contributed by atoms with Crippen molar-refractivity contribution in [3.8, 4) is 0 Å². The highest BCUT2D eigenvalue weighted by Crippen LogP contribution is 2.40. The van der Waals surface area contributed by atoms with Gasteiger partial charge in [0.05, 0.1) is 0 Å². The van der Waals surface area contributed by atoms with Crippen LogP contribution in [-0.2, 0) is 4.79 Å². The molecule has 3 heteroatoms. The number of amides is 1. The molecule has 1 saturated carbocycles. The van der Waals surface area contributed by atoms with Gasteiger partial charge in [0.25, 0.3) is 0 Å². The van der Waals surface area contributed by atoms with E-state index in [1.807, 2.05) is 6.92 Å². The summed E-state index contributed by atoms with van der Waals surface area (Å²) in [5.74, 6) is -0.242. The van der Waals surface area contributed by atoms with Crippen LogP contribution in [0.4, 0.5) is 0 Å². The molecule has 0 heterocycles. The van der Waals surface area contributed by atoms with Crippen LogP contribution in [0.25, 0.3) is 0 Å². The first kappa shape index (κ1) is 6.55. The normalized spacial score (nSPS) is 22.4. The third-order valence-electron chi connectivity index (χ3n) is 2.11. The summed E-state index contributed by atoms with van der Waals surface area (Å²) in [4.78, 5) is 10.8. The lowest BCUT2D eigenvalue weighted by atomic mass is 9.70. The monoisotopic (exact) mass is 129 g/mol. The lowest BCUT2D eigenvalue weighted by molar-refractivity contribution is -0.143. The molecule has 0 aromatic rings. The third kappa shape index (κ3) is 0.920. The number of hydroxylamine groups is 1. The Morgan fingerprint density at radius 1 is 1.67 bits per heavy atom. The molecule has 0 bridgehead atoms. The van der Waals surface area contributed by atoms with Gasteiger partial charge in [-0.3, -0.25) is 10.0 Å². The molecule has 0 unspecified atom stereocenters. The lowest BCUT2D eigenvalue weighted by Crippen LogP contribution is -2.42. The topological polar surface area (TPSA) is 49.3 Å². The van der Waals surface area contributed by atoms with Crippen LogP contribution in [-0.4, -0.2) is 11.1 Å². The SMILES string of the molecule is CC1(C(=O)NO)CCC1. The molecule has 1 aliphatic rings. The number of carbonyl (C=O) groups is 1. The summed E-state index contributed by atoms with van der Waals surface area (Å²) in [6, 6.07) is 0. The van der Waals surface area contributed by atoms with Crippen molar-refractivity contribution in [3.63, 3.8) is 0 Å². The second-order valence-electron chi connectivity index (χ2n) is 2.86. The number of hydrogen-bond donors (Lipinski definition) is 2. The zero-order valence-electron chi connectivity index (χ0n) is 5.48. The predicted molar refractivity (Wildman–Crippen MR) is 31.9 cm³/mol. The first-order chi connectivity index (χ1) is 4.19. The highest BCUT2D eigenvalue weighted by Gasteiger charge is 2.38. The van der Waals surface area contributed by atoms with Gasteiger partial charge in [-0.15, -0.1) is 0 Å². The molecule has 0 aliphatic heterocycles. The molecule has 52 valence electrons. The van der Waals surface area contributed by atoms with Crippen LogP contribution in [0.1, 0.15) is 26.2 Å². The zero-order chi connectivity index (χ0) is 6.91. The van der Waals surface area contributed by atoms with Crippen LogP contribution in [0.5, 0.6) is 0 Å². The van der Waals surface area contributed by atoms with Gasteiger partial charge in [-0.1, -0.05) is 13.3 Å². The fourth-order valence-corrected chi connectivity index (χ4v) is 1.07. The molecule has 1 amide bonds. The van der Waals surface area contributed by atoms with Crippen molar-refractivity contribution in [2.24, 2.45) is 5.41 Å². The van der Waals surface area contributed by atoms with Crippen LogP contribution in [0.3, 0.4) is 0 Å². The maximum absolute atomic E-state index is 10.8. The van der Waals surface area contributed by atoms with Crippen molar-refractivity contribution in [1.82, 2.24) is 5.48 Å². The van der Waals surface area contributed by atoms with E-state index in [1.165, 1.54) is 0 Å². The molecule has 3 nitrogen and oxygen atoms in total. The van der Waals surface area contributed by atoms with Crippen molar-refractivity contribution in [2.75, 3.05) is 0 Å². The van der Waals surface area contributed by atoms with E-state index in [2.05, 4.69) is 0 Å². The molecule has 2 N–H and O–H groups in total. The largest absolute Gasteiger partial charge is 0.289 e. The molecule has 1 rings (SSSR count). The summed E-state index contributed by atoms with van der Waals surface area (Å²) >= 11 is 0. The van der Waals surface area contributed by atoms with E-state index in [9.17, 15) is 4.79 Å². The van der Waals surface area contributed by atoms with Crippen LogP contribution in [0.15, 0.2) is 0 Å². The van der Waals surface area contributed by atoms with Gasteiger partial charge in [-0.2, -0.15) is 0 Å². The number of carbonyl (C=O) groups excluding carboxylic acids is 1.